The lowest BCUT2D eigenvalue weighted by molar-refractivity contribution is 0.102. The first-order valence-corrected chi connectivity index (χ1v) is 10.4. The molecule has 0 saturated carbocycles. The maximum absolute atomic E-state index is 13.2. The third-order valence-electron chi connectivity index (χ3n) is 4.92. The molecule has 4 nitrogen and oxygen atoms in total. The topological polar surface area (TPSA) is 51.1 Å². The molecule has 1 heterocycles. The number of carbonyl (C=O) groups excluding carboxylic acids is 1. The maximum atomic E-state index is 13.2. The van der Waals surface area contributed by atoms with Crippen molar-refractivity contribution in [1.29, 1.82) is 0 Å². The van der Waals surface area contributed by atoms with Crippen LogP contribution in [0.5, 0.6) is 0 Å². The summed E-state index contributed by atoms with van der Waals surface area (Å²) in [7, 11) is 1.84. The Morgan fingerprint density at radius 3 is 2.22 bits per heavy atom. The molecule has 0 saturated heterocycles. The Hall–Kier alpha value is -1.59. The standard InChI is InChI=1S/C21H26BrClN2O2/c1-6-9-16-17(20(26)18(23)12(4)25(16)5)21(27)24-19-13(7-2)10-15(22)11-14(19)8-3/h10-11H,6-9H2,1-5H3,(H,24,27). The van der Waals surface area contributed by atoms with Gasteiger partial charge in [0.05, 0.1) is 0 Å². The molecule has 0 aliphatic rings. The van der Waals surface area contributed by atoms with Gasteiger partial charge in [-0.1, -0.05) is 54.7 Å². The van der Waals surface area contributed by atoms with Gasteiger partial charge in [0.1, 0.15) is 10.6 Å². The number of amides is 1. The molecule has 0 aliphatic heterocycles. The van der Waals surface area contributed by atoms with E-state index in [1.807, 2.05) is 44.5 Å². The summed E-state index contributed by atoms with van der Waals surface area (Å²) < 4.78 is 2.83. The largest absolute Gasteiger partial charge is 0.349 e. The molecule has 2 rings (SSSR count). The molecule has 0 bridgehead atoms. The van der Waals surface area contributed by atoms with Crippen LogP contribution in [0.3, 0.4) is 0 Å². The van der Waals surface area contributed by atoms with Crippen molar-refractivity contribution in [3.05, 3.63) is 59.9 Å². The average molecular weight is 454 g/mol. The van der Waals surface area contributed by atoms with Gasteiger partial charge in [0.2, 0.25) is 5.43 Å². The molecular formula is C21H26BrClN2O2. The van der Waals surface area contributed by atoms with E-state index in [2.05, 4.69) is 21.2 Å². The Labute approximate surface area is 174 Å². The van der Waals surface area contributed by atoms with Crippen molar-refractivity contribution in [2.45, 2.75) is 53.4 Å². The van der Waals surface area contributed by atoms with Crippen LogP contribution in [-0.4, -0.2) is 10.5 Å². The van der Waals surface area contributed by atoms with Gasteiger partial charge in [-0.15, -0.1) is 0 Å². The zero-order valence-electron chi connectivity index (χ0n) is 16.5. The Morgan fingerprint density at radius 2 is 1.74 bits per heavy atom. The first kappa shape index (κ1) is 21.7. The number of aryl methyl sites for hydroxylation is 2. The van der Waals surface area contributed by atoms with Crippen LogP contribution >= 0.6 is 27.5 Å². The van der Waals surface area contributed by atoms with Crippen molar-refractivity contribution in [2.24, 2.45) is 7.05 Å². The quantitative estimate of drug-likeness (QED) is 0.633. The highest BCUT2D eigenvalue weighted by molar-refractivity contribution is 9.10. The molecule has 0 fully saturated rings. The molecule has 1 amide bonds. The third-order valence-corrected chi connectivity index (χ3v) is 5.82. The van der Waals surface area contributed by atoms with Crippen molar-refractivity contribution >= 4 is 39.1 Å². The van der Waals surface area contributed by atoms with E-state index in [9.17, 15) is 9.59 Å². The number of hydrogen-bond donors (Lipinski definition) is 1. The summed E-state index contributed by atoms with van der Waals surface area (Å²) in [5, 5.41) is 3.11. The second-order valence-corrected chi connectivity index (χ2v) is 7.91. The zero-order chi connectivity index (χ0) is 20.3. The van der Waals surface area contributed by atoms with Crippen LogP contribution < -0.4 is 10.7 Å². The Kier molecular flexibility index (Phi) is 7.29. The van der Waals surface area contributed by atoms with Gasteiger partial charge < -0.3 is 9.88 Å². The van der Waals surface area contributed by atoms with Gasteiger partial charge in [-0.25, -0.2) is 0 Å². The number of anilines is 1. The summed E-state index contributed by atoms with van der Waals surface area (Å²) in [4.78, 5) is 26.0. The van der Waals surface area contributed by atoms with Crippen molar-refractivity contribution in [3.63, 3.8) is 0 Å². The normalized spacial score (nSPS) is 10.9. The summed E-state index contributed by atoms with van der Waals surface area (Å²) in [5.74, 6) is -0.396. The first-order chi connectivity index (χ1) is 12.8. The first-order valence-electron chi connectivity index (χ1n) is 9.27. The van der Waals surface area contributed by atoms with Gasteiger partial charge in [-0.3, -0.25) is 9.59 Å². The SMILES string of the molecule is CCCc1c(C(=O)Nc2c(CC)cc(Br)cc2CC)c(=O)c(Cl)c(C)n1C. The molecule has 0 unspecified atom stereocenters. The van der Waals surface area contributed by atoms with Crippen molar-refractivity contribution in [1.82, 2.24) is 4.57 Å². The highest BCUT2D eigenvalue weighted by atomic mass is 79.9. The number of rotatable bonds is 6. The van der Waals surface area contributed by atoms with E-state index in [0.717, 1.165) is 46.2 Å². The number of benzene rings is 1. The predicted molar refractivity (Wildman–Crippen MR) is 116 cm³/mol. The highest BCUT2D eigenvalue weighted by Gasteiger charge is 2.23. The summed E-state index contributed by atoms with van der Waals surface area (Å²) in [5.41, 5.74) is 3.98. The zero-order valence-corrected chi connectivity index (χ0v) is 18.8. The minimum absolute atomic E-state index is 0.102. The van der Waals surface area contributed by atoms with Gasteiger partial charge in [0.15, 0.2) is 0 Å². The minimum atomic E-state index is -0.401. The van der Waals surface area contributed by atoms with Gasteiger partial charge in [-0.05, 0) is 49.4 Å². The number of aromatic nitrogens is 1. The monoisotopic (exact) mass is 452 g/mol. The molecule has 1 aromatic heterocycles. The molecule has 6 heteroatoms. The fourth-order valence-corrected chi connectivity index (χ4v) is 4.08. The molecule has 146 valence electrons. The Morgan fingerprint density at radius 1 is 1.19 bits per heavy atom. The van der Waals surface area contributed by atoms with Crippen LogP contribution in [0.15, 0.2) is 21.4 Å². The fraction of sp³-hybridized carbons (Fsp3) is 0.429. The number of pyridine rings is 1. The number of nitrogens with one attached hydrogen (secondary N) is 1. The van der Waals surface area contributed by atoms with Gasteiger partial charge in [-0.2, -0.15) is 0 Å². The molecule has 0 radical (unpaired) electrons. The van der Waals surface area contributed by atoms with Crippen LogP contribution in [0.25, 0.3) is 0 Å². The lowest BCUT2D eigenvalue weighted by atomic mass is 10.0. The number of hydrogen-bond acceptors (Lipinski definition) is 2. The van der Waals surface area contributed by atoms with Crippen LogP contribution in [0.1, 0.15) is 60.1 Å². The van der Waals surface area contributed by atoms with Gasteiger partial charge >= 0.3 is 0 Å². The van der Waals surface area contributed by atoms with Crippen LogP contribution in [-0.2, 0) is 26.3 Å². The molecule has 0 atom stereocenters. The van der Waals surface area contributed by atoms with E-state index < -0.39 is 11.3 Å². The number of halogens is 2. The molecule has 0 aliphatic carbocycles. The van der Waals surface area contributed by atoms with Crippen LogP contribution in [0.4, 0.5) is 5.69 Å². The summed E-state index contributed by atoms with van der Waals surface area (Å²) in [6, 6.07) is 4.00. The second kappa shape index (κ2) is 9.07. The van der Waals surface area contributed by atoms with Gasteiger partial charge in [0.25, 0.3) is 5.91 Å². The molecular weight excluding hydrogens is 428 g/mol. The van der Waals surface area contributed by atoms with E-state index in [4.69, 9.17) is 11.6 Å². The Balaban J connectivity index is 2.63. The maximum Gasteiger partial charge on any atom is 0.261 e. The lowest BCUT2D eigenvalue weighted by Crippen LogP contribution is -2.29. The Bertz CT molecular complexity index is 910. The average Bonchev–Trinajstić information content (AvgIpc) is 2.65. The highest BCUT2D eigenvalue weighted by Crippen LogP contribution is 2.28. The fourth-order valence-electron chi connectivity index (χ4n) is 3.31. The summed E-state index contributed by atoms with van der Waals surface area (Å²) in [6.45, 7) is 7.90. The van der Waals surface area contributed by atoms with Gasteiger partial charge in [0, 0.05) is 28.6 Å². The molecule has 1 aromatic carbocycles. The molecule has 2 aromatic rings. The lowest BCUT2D eigenvalue weighted by Gasteiger charge is -2.19. The van der Waals surface area contributed by atoms with Crippen LogP contribution in [0, 0.1) is 6.92 Å². The molecule has 27 heavy (non-hydrogen) atoms. The second-order valence-electron chi connectivity index (χ2n) is 6.62. The predicted octanol–water partition coefficient (Wildman–Crippen LogP) is 5.44. The minimum Gasteiger partial charge on any atom is -0.349 e. The third kappa shape index (κ3) is 4.30. The van der Waals surface area contributed by atoms with Crippen molar-refractivity contribution < 1.29 is 4.79 Å². The summed E-state index contributed by atoms with van der Waals surface area (Å²) >= 11 is 9.75. The summed E-state index contributed by atoms with van der Waals surface area (Å²) in [6.07, 6.45) is 3.01. The van der Waals surface area contributed by atoms with E-state index in [1.54, 1.807) is 6.92 Å². The van der Waals surface area contributed by atoms with E-state index in [1.165, 1.54) is 0 Å². The van der Waals surface area contributed by atoms with Crippen molar-refractivity contribution in [2.75, 3.05) is 5.32 Å². The number of carbonyl (C=O) groups is 1. The van der Waals surface area contributed by atoms with Crippen LogP contribution in [0.2, 0.25) is 5.02 Å². The number of nitrogens with zero attached hydrogens (tertiary/aromatic N) is 1. The van der Waals surface area contributed by atoms with E-state index in [0.29, 0.717) is 12.1 Å². The smallest absolute Gasteiger partial charge is 0.261 e. The van der Waals surface area contributed by atoms with E-state index >= 15 is 0 Å². The van der Waals surface area contributed by atoms with Crippen molar-refractivity contribution in [3.8, 4) is 0 Å². The van der Waals surface area contributed by atoms with E-state index in [-0.39, 0.29) is 10.6 Å². The molecule has 1 N–H and O–H groups in total. The molecule has 0 spiro atoms.